The molecule has 1 aliphatic heterocycles. The highest BCUT2D eigenvalue weighted by Crippen LogP contribution is 2.32. The van der Waals surface area contributed by atoms with Gasteiger partial charge in [-0.25, -0.2) is 9.78 Å². The molecule has 8 heteroatoms. The number of fused-ring (bicyclic) bond motifs is 2. The van der Waals surface area contributed by atoms with Crippen molar-refractivity contribution in [2.75, 3.05) is 13.7 Å². The summed E-state index contributed by atoms with van der Waals surface area (Å²) in [5.41, 5.74) is 2.23. The fourth-order valence-electron chi connectivity index (χ4n) is 3.36. The molecule has 0 saturated heterocycles. The number of allylic oxidation sites excluding steroid dienone is 1. The van der Waals surface area contributed by atoms with Crippen LogP contribution in [0.3, 0.4) is 0 Å². The van der Waals surface area contributed by atoms with Gasteiger partial charge in [-0.1, -0.05) is 17.7 Å². The van der Waals surface area contributed by atoms with Crippen LogP contribution in [0.5, 0.6) is 11.5 Å². The van der Waals surface area contributed by atoms with Gasteiger partial charge in [-0.05, 0) is 54.0 Å². The molecule has 1 N–H and O–H groups in total. The van der Waals surface area contributed by atoms with Crippen LogP contribution >= 0.6 is 11.6 Å². The summed E-state index contributed by atoms with van der Waals surface area (Å²) in [6, 6.07) is 10.3. The second-order valence-corrected chi connectivity index (χ2v) is 7.00. The van der Waals surface area contributed by atoms with Gasteiger partial charge in [0.25, 0.3) is 5.56 Å². The van der Waals surface area contributed by atoms with Crippen molar-refractivity contribution in [3.8, 4) is 11.5 Å². The van der Waals surface area contributed by atoms with Crippen molar-refractivity contribution >= 4 is 40.1 Å². The molecule has 0 unspecified atom stereocenters. The summed E-state index contributed by atoms with van der Waals surface area (Å²) in [7, 11) is 1.49. The number of rotatable bonds is 5. The highest BCUT2D eigenvalue weighted by atomic mass is 35.5. The first-order valence-corrected chi connectivity index (χ1v) is 9.28. The Morgan fingerprint density at radius 3 is 2.86 bits per heavy atom. The van der Waals surface area contributed by atoms with Crippen molar-refractivity contribution < 1.29 is 19.4 Å². The normalized spacial score (nSPS) is 14.2. The lowest BCUT2D eigenvalue weighted by Crippen LogP contribution is -2.20. The third-order valence-corrected chi connectivity index (χ3v) is 4.92. The molecule has 0 bridgehead atoms. The van der Waals surface area contributed by atoms with Gasteiger partial charge in [0.2, 0.25) is 0 Å². The predicted octanol–water partition coefficient (Wildman–Crippen LogP) is 3.47. The number of methoxy groups -OCH3 is 1. The van der Waals surface area contributed by atoms with Gasteiger partial charge >= 0.3 is 5.97 Å². The van der Waals surface area contributed by atoms with Gasteiger partial charge in [0, 0.05) is 11.6 Å². The number of benzene rings is 2. The van der Waals surface area contributed by atoms with Crippen molar-refractivity contribution in [3.63, 3.8) is 0 Å². The lowest BCUT2D eigenvalue weighted by atomic mass is 10.1. The van der Waals surface area contributed by atoms with Crippen LogP contribution in [0, 0.1) is 0 Å². The second-order valence-electron chi connectivity index (χ2n) is 6.57. The van der Waals surface area contributed by atoms with E-state index in [-0.39, 0.29) is 5.56 Å². The summed E-state index contributed by atoms with van der Waals surface area (Å²) < 4.78 is 12.2. The van der Waals surface area contributed by atoms with Crippen molar-refractivity contribution in [3.05, 3.63) is 63.2 Å². The average Bonchev–Trinajstić information content (AvgIpc) is 3.09. The van der Waals surface area contributed by atoms with Gasteiger partial charge in [0.05, 0.1) is 18.0 Å². The lowest BCUT2D eigenvalue weighted by molar-refractivity contribution is -0.139. The zero-order valence-electron chi connectivity index (χ0n) is 15.5. The average molecular weight is 413 g/mol. The molecule has 4 rings (SSSR count). The molecule has 0 spiro atoms. The Morgan fingerprint density at radius 2 is 2.10 bits per heavy atom. The van der Waals surface area contributed by atoms with Gasteiger partial charge in [0.15, 0.2) is 18.1 Å². The van der Waals surface area contributed by atoms with E-state index in [1.54, 1.807) is 41.0 Å². The molecular formula is C21H17ClN2O5. The Hall–Kier alpha value is -3.32. The first-order valence-electron chi connectivity index (χ1n) is 8.90. The van der Waals surface area contributed by atoms with Gasteiger partial charge < -0.3 is 14.6 Å². The summed E-state index contributed by atoms with van der Waals surface area (Å²) >= 11 is 6.06. The zero-order chi connectivity index (χ0) is 20.5. The van der Waals surface area contributed by atoms with Crippen LogP contribution in [0.25, 0.3) is 22.6 Å². The van der Waals surface area contributed by atoms with E-state index in [4.69, 9.17) is 26.2 Å². The van der Waals surface area contributed by atoms with E-state index in [1.807, 2.05) is 6.08 Å². The number of carboxylic acids is 1. The zero-order valence-corrected chi connectivity index (χ0v) is 16.3. The molecule has 0 radical (unpaired) electrons. The molecule has 0 atom stereocenters. The monoisotopic (exact) mass is 412 g/mol. The molecule has 29 heavy (non-hydrogen) atoms. The maximum Gasteiger partial charge on any atom is 0.341 e. The molecule has 0 fully saturated rings. The minimum Gasteiger partial charge on any atom is -0.493 e. The van der Waals surface area contributed by atoms with E-state index in [0.717, 1.165) is 11.1 Å². The Bertz CT molecular complexity index is 1220. The number of carboxylic acid groups (broad SMARTS) is 1. The van der Waals surface area contributed by atoms with E-state index < -0.39 is 12.6 Å². The van der Waals surface area contributed by atoms with Crippen molar-refractivity contribution in [1.29, 1.82) is 0 Å². The Morgan fingerprint density at radius 1 is 1.28 bits per heavy atom. The summed E-state index contributed by atoms with van der Waals surface area (Å²) in [4.78, 5) is 28.1. The van der Waals surface area contributed by atoms with Gasteiger partial charge in [-0.3, -0.25) is 9.36 Å². The number of aromatic nitrogens is 2. The smallest absolute Gasteiger partial charge is 0.341 e. The van der Waals surface area contributed by atoms with Crippen LogP contribution in [-0.4, -0.2) is 34.3 Å². The van der Waals surface area contributed by atoms with Crippen LogP contribution in [0.4, 0.5) is 0 Å². The molecule has 2 aromatic carbocycles. The first kappa shape index (κ1) is 19.0. The quantitative estimate of drug-likeness (QED) is 0.690. The molecular weight excluding hydrogens is 396 g/mol. The van der Waals surface area contributed by atoms with Crippen LogP contribution in [0.2, 0.25) is 5.02 Å². The van der Waals surface area contributed by atoms with Crippen LogP contribution < -0.4 is 15.0 Å². The van der Waals surface area contributed by atoms with Crippen LogP contribution in [-0.2, 0) is 11.3 Å². The van der Waals surface area contributed by atoms with E-state index in [9.17, 15) is 9.59 Å². The number of hydrogen-bond acceptors (Lipinski definition) is 5. The largest absolute Gasteiger partial charge is 0.493 e. The fourth-order valence-corrected chi connectivity index (χ4v) is 3.53. The maximum absolute atomic E-state index is 12.8. The number of ether oxygens (including phenoxy) is 2. The molecule has 0 saturated carbocycles. The van der Waals surface area contributed by atoms with E-state index >= 15 is 0 Å². The number of carbonyl (C=O) groups is 1. The number of aliphatic carboxylic acids is 1. The third-order valence-electron chi connectivity index (χ3n) is 4.69. The topological polar surface area (TPSA) is 90.7 Å². The highest BCUT2D eigenvalue weighted by Gasteiger charge is 2.21. The Kier molecular flexibility index (Phi) is 4.98. The minimum absolute atomic E-state index is 0.0833. The van der Waals surface area contributed by atoms with Crippen molar-refractivity contribution in [2.24, 2.45) is 0 Å². The Balaban J connectivity index is 1.73. The predicted molar refractivity (Wildman–Crippen MR) is 110 cm³/mol. The minimum atomic E-state index is -1.07. The Labute approximate surface area is 170 Å². The van der Waals surface area contributed by atoms with Crippen molar-refractivity contribution in [1.82, 2.24) is 9.55 Å². The summed E-state index contributed by atoms with van der Waals surface area (Å²) in [5, 5.41) is 9.84. The standard InChI is InChI=1S/C21H17ClN2O5/c1-28-18-9-12(2-5-17(18)29-11-19(25)26)8-13-6-7-24-20(13)23-16-10-14(22)3-4-15(16)21(24)27/h2-5,8-10H,6-7,11H2,1H3,(H,25,26)/b13-8+. The third kappa shape index (κ3) is 3.69. The second kappa shape index (κ2) is 7.60. The van der Waals surface area contributed by atoms with E-state index in [0.29, 0.717) is 46.2 Å². The van der Waals surface area contributed by atoms with Gasteiger partial charge in [0.1, 0.15) is 5.82 Å². The number of hydrogen-bond donors (Lipinski definition) is 1. The molecule has 1 aliphatic rings. The van der Waals surface area contributed by atoms with E-state index in [1.165, 1.54) is 7.11 Å². The lowest BCUT2D eigenvalue weighted by Gasteiger charge is -2.10. The van der Waals surface area contributed by atoms with E-state index in [2.05, 4.69) is 4.98 Å². The van der Waals surface area contributed by atoms with Gasteiger partial charge in [-0.2, -0.15) is 0 Å². The number of nitrogens with zero attached hydrogens (tertiary/aromatic N) is 2. The summed E-state index contributed by atoms with van der Waals surface area (Å²) in [6.45, 7) is 0.106. The highest BCUT2D eigenvalue weighted by molar-refractivity contribution is 6.31. The first-order chi connectivity index (χ1) is 14.0. The fraction of sp³-hybridized carbons (Fsp3) is 0.190. The van der Waals surface area contributed by atoms with Crippen molar-refractivity contribution in [2.45, 2.75) is 13.0 Å². The molecule has 148 valence electrons. The van der Waals surface area contributed by atoms with Crippen LogP contribution in [0.15, 0.2) is 41.2 Å². The molecule has 0 amide bonds. The molecule has 0 aliphatic carbocycles. The molecule has 7 nitrogen and oxygen atoms in total. The summed E-state index contributed by atoms with van der Waals surface area (Å²) in [5.74, 6) is 0.327. The number of halogens is 1. The molecule has 2 heterocycles. The SMILES string of the molecule is COc1cc(/C=C2\CCn3c2nc2cc(Cl)ccc2c3=O)ccc1OCC(=O)O. The van der Waals surface area contributed by atoms with Gasteiger partial charge in [-0.15, -0.1) is 0 Å². The maximum atomic E-state index is 12.8. The van der Waals surface area contributed by atoms with Crippen LogP contribution in [0.1, 0.15) is 17.8 Å². The molecule has 3 aromatic rings. The molecule has 1 aromatic heterocycles. The summed E-state index contributed by atoms with van der Waals surface area (Å²) in [6.07, 6.45) is 2.61.